The van der Waals surface area contributed by atoms with Gasteiger partial charge in [0.15, 0.2) is 5.11 Å². The Balaban J connectivity index is 1.60. The molecule has 1 N–H and O–H groups in total. The number of hydrogen-bond donors (Lipinski definition) is 1. The molecule has 1 aliphatic heterocycles. The van der Waals surface area contributed by atoms with E-state index < -0.39 is 0 Å². The highest BCUT2D eigenvalue weighted by molar-refractivity contribution is 7.80. The van der Waals surface area contributed by atoms with Gasteiger partial charge in [-0.05, 0) is 85.0 Å². The third-order valence-corrected chi connectivity index (χ3v) is 6.71. The van der Waals surface area contributed by atoms with E-state index in [4.69, 9.17) is 17.0 Å². The molecule has 4 aromatic rings. The fourth-order valence-corrected chi connectivity index (χ4v) is 4.94. The number of thiocarbonyl (C=S) groups is 1. The molecule has 0 spiro atoms. The van der Waals surface area contributed by atoms with Crippen molar-refractivity contribution in [2.45, 2.75) is 12.1 Å². The Hall–Kier alpha value is -4.17. The highest BCUT2D eigenvalue weighted by Gasteiger charge is 2.42. The number of methoxy groups -OCH3 is 1. The first-order valence-electron chi connectivity index (χ1n) is 11.6. The maximum atomic E-state index is 11.9. The van der Waals surface area contributed by atoms with Gasteiger partial charge >= 0.3 is 5.97 Å². The fraction of sp³-hybridized carbons (Fsp3) is 0.179. The molecule has 0 amide bonds. The number of pyridine rings is 1. The maximum absolute atomic E-state index is 11.9. The van der Waals surface area contributed by atoms with Crippen molar-refractivity contribution in [2.75, 3.05) is 31.0 Å². The van der Waals surface area contributed by atoms with Gasteiger partial charge in [0.05, 0.1) is 24.4 Å². The number of anilines is 2. The Morgan fingerprint density at radius 1 is 0.972 bits per heavy atom. The summed E-state index contributed by atoms with van der Waals surface area (Å²) in [6.45, 7) is 0. The zero-order valence-electron chi connectivity index (χ0n) is 20.3. The number of aromatic nitrogens is 2. The van der Waals surface area contributed by atoms with Crippen molar-refractivity contribution in [2.24, 2.45) is 0 Å². The number of rotatable bonds is 6. The van der Waals surface area contributed by atoms with Crippen molar-refractivity contribution in [3.63, 3.8) is 0 Å². The van der Waals surface area contributed by atoms with E-state index in [1.54, 1.807) is 18.3 Å². The van der Waals surface area contributed by atoms with E-state index in [1.165, 1.54) is 7.11 Å². The molecule has 1 fully saturated rings. The molecule has 2 aromatic heterocycles. The first-order chi connectivity index (χ1) is 17.5. The van der Waals surface area contributed by atoms with Gasteiger partial charge in [-0.2, -0.15) is 0 Å². The number of hydrogen-bond acceptors (Lipinski definition) is 5. The molecule has 182 valence electrons. The summed E-state index contributed by atoms with van der Waals surface area (Å²) in [5.41, 5.74) is 5.50. The third-order valence-electron chi connectivity index (χ3n) is 6.39. The molecule has 1 saturated heterocycles. The topological polar surface area (TPSA) is 62.6 Å². The second-order valence-electron chi connectivity index (χ2n) is 8.75. The minimum Gasteiger partial charge on any atom is -0.465 e. The van der Waals surface area contributed by atoms with E-state index in [0.717, 1.165) is 28.5 Å². The summed E-state index contributed by atoms with van der Waals surface area (Å²) >= 11 is 5.87. The van der Waals surface area contributed by atoms with Crippen LogP contribution in [0.4, 0.5) is 11.4 Å². The number of ether oxygens (including phenoxy) is 1. The number of nitrogens with zero attached hydrogens (tertiary/aromatic N) is 4. The van der Waals surface area contributed by atoms with E-state index in [-0.39, 0.29) is 18.1 Å². The Bertz CT molecular complexity index is 1370. The molecule has 0 bridgehead atoms. The number of carbonyl (C=O) groups is 1. The molecule has 5 rings (SSSR count). The molecule has 0 saturated carbocycles. The molecule has 0 radical (unpaired) electrons. The number of nitrogens with one attached hydrogen (secondary N) is 1. The van der Waals surface area contributed by atoms with E-state index in [1.807, 2.05) is 56.7 Å². The molecule has 36 heavy (non-hydrogen) atoms. The van der Waals surface area contributed by atoms with Crippen LogP contribution in [0.25, 0.3) is 5.69 Å². The van der Waals surface area contributed by atoms with Crippen molar-refractivity contribution in [3.05, 3.63) is 108 Å². The minimum absolute atomic E-state index is 0.157. The number of carbonyl (C=O) groups excluding carboxylic acids is 1. The number of esters is 1. The third kappa shape index (κ3) is 4.31. The standard InChI is InChI=1S/C28H27N5O2S/c1-31(2)20-13-15-22(16-14-20)33-26(25(30-28(33)36)23-7-4-5-17-29-23)24-8-6-18-32(24)21-11-9-19(10-12-21)27(34)35-3/h4-18,25-26H,1-3H3,(H,30,36)/t25-,26-/m1/s1. The summed E-state index contributed by atoms with van der Waals surface area (Å²) < 4.78 is 6.97. The van der Waals surface area contributed by atoms with Crippen molar-refractivity contribution in [3.8, 4) is 5.69 Å². The SMILES string of the molecule is COC(=O)c1ccc(-n2cccc2[C@@H]2[C@@H](c3ccccn3)NC(=S)N2c2ccc(N(C)C)cc2)cc1. The average molecular weight is 498 g/mol. The monoisotopic (exact) mass is 497 g/mol. The number of benzene rings is 2. The summed E-state index contributed by atoms with van der Waals surface area (Å²) in [4.78, 5) is 20.8. The zero-order valence-corrected chi connectivity index (χ0v) is 21.1. The van der Waals surface area contributed by atoms with Gasteiger partial charge in [-0.15, -0.1) is 0 Å². The van der Waals surface area contributed by atoms with E-state index in [0.29, 0.717) is 10.7 Å². The zero-order chi connectivity index (χ0) is 25.2. The molecule has 7 nitrogen and oxygen atoms in total. The molecule has 2 atom stereocenters. The summed E-state index contributed by atoms with van der Waals surface area (Å²) in [6, 6.07) is 25.5. The Kier molecular flexibility index (Phi) is 6.43. The van der Waals surface area contributed by atoms with Crippen molar-refractivity contribution >= 4 is 34.7 Å². The molecule has 1 aliphatic rings. The van der Waals surface area contributed by atoms with Crippen LogP contribution in [-0.4, -0.2) is 41.8 Å². The van der Waals surface area contributed by atoms with Crippen LogP contribution in [0.2, 0.25) is 0 Å². The van der Waals surface area contributed by atoms with Crippen LogP contribution in [0.5, 0.6) is 0 Å². The second-order valence-corrected chi connectivity index (χ2v) is 9.14. The van der Waals surface area contributed by atoms with Crippen LogP contribution in [0.1, 0.15) is 33.8 Å². The van der Waals surface area contributed by atoms with E-state index >= 15 is 0 Å². The van der Waals surface area contributed by atoms with Gasteiger partial charge < -0.3 is 24.4 Å². The lowest BCUT2D eigenvalue weighted by atomic mass is 10.0. The minimum atomic E-state index is -0.359. The van der Waals surface area contributed by atoms with Crippen LogP contribution in [0.3, 0.4) is 0 Å². The predicted molar refractivity (Wildman–Crippen MR) is 146 cm³/mol. The highest BCUT2D eigenvalue weighted by Crippen LogP contribution is 2.42. The Labute approximate surface area is 215 Å². The summed E-state index contributed by atoms with van der Waals surface area (Å²) in [6.07, 6.45) is 3.82. The van der Waals surface area contributed by atoms with Crippen molar-refractivity contribution in [1.29, 1.82) is 0 Å². The maximum Gasteiger partial charge on any atom is 0.337 e. The predicted octanol–water partition coefficient (Wildman–Crippen LogP) is 4.90. The summed E-state index contributed by atoms with van der Waals surface area (Å²) in [7, 11) is 5.43. The van der Waals surface area contributed by atoms with E-state index in [2.05, 4.69) is 55.0 Å². The molecule has 3 heterocycles. The van der Waals surface area contributed by atoms with Crippen molar-refractivity contribution in [1.82, 2.24) is 14.9 Å². The Morgan fingerprint density at radius 3 is 2.33 bits per heavy atom. The van der Waals surface area contributed by atoms with Gasteiger partial charge in [0.25, 0.3) is 0 Å². The average Bonchev–Trinajstić information content (AvgIpc) is 3.53. The molecule has 8 heteroatoms. The Morgan fingerprint density at radius 2 is 1.69 bits per heavy atom. The normalized spacial score (nSPS) is 17.1. The summed E-state index contributed by atoms with van der Waals surface area (Å²) in [5, 5.41) is 4.16. The molecular formula is C28H27N5O2S. The van der Waals surface area contributed by atoms with Gasteiger partial charge in [0, 0.05) is 49.2 Å². The van der Waals surface area contributed by atoms with Crippen molar-refractivity contribution < 1.29 is 9.53 Å². The largest absolute Gasteiger partial charge is 0.465 e. The first-order valence-corrected chi connectivity index (χ1v) is 12.0. The van der Waals surface area contributed by atoms with Crippen LogP contribution in [0.15, 0.2) is 91.3 Å². The van der Waals surface area contributed by atoms with Gasteiger partial charge in [-0.1, -0.05) is 6.07 Å². The lowest BCUT2D eigenvalue weighted by molar-refractivity contribution is 0.0600. The van der Waals surface area contributed by atoms with Gasteiger partial charge in [0.1, 0.15) is 6.04 Å². The van der Waals surface area contributed by atoms with Crippen LogP contribution < -0.4 is 15.1 Å². The summed E-state index contributed by atoms with van der Waals surface area (Å²) in [5.74, 6) is -0.359. The van der Waals surface area contributed by atoms with E-state index in [9.17, 15) is 4.79 Å². The smallest absolute Gasteiger partial charge is 0.337 e. The highest BCUT2D eigenvalue weighted by atomic mass is 32.1. The van der Waals surface area contributed by atoms with Crippen LogP contribution in [-0.2, 0) is 4.74 Å². The lowest BCUT2D eigenvalue weighted by Crippen LogP contribution is -2.30. The lowest BCUT2D eigenvalue weighted by Gasteiger charge is -2.29. The van der Waals surface area contributed by atoms with Gasteiger partial charge in [-0.3, -0.25) is 4.98 Å². The van der Waals surface area contributed by atoms with Crippen LogP contribution in [0, 0.1) is 0 Å². The molecule has 0 unspecified atom stereocenters. The van der Waals surface area contributed by atoms with Gasteiger partial charge in [-0.25, -0.2) is 4.79 Å². The fourth-order valence-electron chi connectivity index (χ4n) is 4.59. The first kappa shape index (κ1) is 23.6. The van der Waals surface area contributed by atoms with Gasteiger partial charge in [0.2, 0.25) is 0 Å². The molecular weight excluding hydrogens is 470 g/mol. The second kappa shape index (κ2) is 9.83. The van der Waals surface area contributed by atoms with Crippen LogP contribution >= 0.6 is 12.2 Å². The molecule has 2 aromatic carbocycles. The molecule has 0 aliphatic carbocycles. The quantitative estimate of drug-likeness (QED) is 0.300.